The Bertz CT molecular complexity index is 1230. The van der Waals surface area contributed by atoms with E-state index in [0.717, 1.165) is 42.5 Å². The number of anilines is 1. The van der Waals surface area contributed by atoms with Crippen LogP contribution in [-0.4, -0.2) is 24.7 Å². The number of rotatable bonds is 5. The Morgan fingerprint density at radius 1 is 1.06 bits per heavy atom. The standard InChI is InChI=1S/C25H27N3O2S/c1-18-11-13-21(14-12-18)31(29,30)28(20-9-6-10-20)24-22-15-16-25(2,17-23(22)26-27-24)19-7-4-3-5-8-19/h3-5,7-8,11-16,20H,6,9-10,17H2,1-2H3,(H,26,27). The van der Waals surface area contributed by atoms with Gasteiger partial charge in [0.05, 0.1) is 4.90 Å². The van der Waals surface area contributed by atoms with Gasteiger partial charge in [0.25, 0.3) is 10.0 Å². The largest absolute Gasteiger partial charge is 0.280 e. The number of nitrogens with zero attached hydrogens (tertiary/aromatic N) is 2. The van der Waals surface area contributed by atoms with E-state index in [1.807, 2.05) is 31.2 Å². The van der Waals surface area contributed by atoms with Crippen LogP contribution < -0.4 is 4.31 Å². The molecule has 2 aliphatic rings. The minimum atomic E-state index is -3.70. The SMILES string of the molecule is Cc1ccc(S(=O)(=O)N(c2n[nH]c3c2C=CC(C)(c2ccccc2)C3)C2CCC2)cc1. The van der Waals surface area contributed by atoms with Gasteiger partial charge in [-0.25, -0.2) is 12.7 Å². The highest BCUT2D eigenvalue weighted by atomic mass is 32.2. The summed E-state index contributed by atoms with van der Waals surface area (Å²) in [5, 5.41) is 7.70. The normalized spacial score (nSPS) is 20.8. The van der Waals surface area contributed by atoms with Crippen molar-refractivity contribution in [2.45, 2.75) is 55.9 Å². The quantitative estimate of drug-likeness (QED) is 0.616. The molecule has 1 unspecified atom stereocenters. The van der Waals surface area contributed by atoms with Crippen LogP contribution in [0.1, 0.15) is 48.6 Å². The van der Waals surface area contributed by atoms with Crippen molar-refractivity contribution in [2.24, 2.45) is 0 Å². The Labute approximate surface area is 183 Å². The zero-order valence-electron chi connectivity index (χ0n) is 17.9. The van der Waals surface area contributed by atoms with Crippen molar-refractivity contribution < 1.29 is 8.42 Å². The van der Waals surface area contributed by atoms with Crippen LogP contribution in [0, 0.1) is 6.92 Å². The van der Waals surface area contributed by atoms with Gasteiger partial charge in [-0.3, -0.25) is 5.10 Å². The van der Waals surface area contributed by atoms with Gasteiger partial charge < -0.3 is 0 Å². The molecule has 1 heterocycles. The highest BCUT2D eigenvalue weighted by molar-refractivity contribution is 7.92. The van der Waals surface area contributed by atoms with E-state index in [0.29, 0.717) is 10.7 Å². The molecule has 31 heavy (non-hydrogen) atoms. The number of aromatic amines is 1. The zero-order chi connectivity index (χ0) is 21.6. The topological polar surface area (TPSA) is 66.1 Å². The average Bonchev–Trinajstić information content (AvgIpc) is 3.13. The van der Waals surface area contributed by atoms with Gasteiger partial charge in [0, 0.05) is 29.1 Å². The van der Waals surface area contributed by atoms with Crippen molar-refractivity contribution in [3.05, 3.63) is 83.1 Å². The zero-order valence-corrected chi connectivity index (χ0v) is 18.7. The first-order valence-corrected chi connectivity index (χ1v) is 12.3. The molecule has 1 saturated carbocycles. The predicted octanol–water partition coefficient (Wildman–Crippen LogP) is 4.99. The maximum atomic E-state index is 13.7. The number of hydrogen-bond acceptors (Lipinski definition) is 3. The molecule has 6 heteroatoms. The van der Waals surface area contributed by atoms with Crippen molar-refractivity contribution >= 4 is 21.9 Å². The molecule has 0 spiro atoms. The average molecular weight is 434 g/mol. The Hall–Kier alpha value is -2.86. The first-order valence-electron chi connectivity index (χ1n) is 10.8. The summed E-state index contributed by atoms with van der Waals surface area (Å²) in [5.41, 5.74) is 3.98. The molecule has 1 atom stereocenters. The van der Waals surface area contributed by atoms with Gasteiger partial charge >= 0.3 is 0 Å². The van der Waals surface area contributed by atoms with Crippen molar-refractivity contribution in [3.63, 3.8) is 0 Å². The summed E-state index contributed by atoms with van der Waals surface area (Å²) in [4.78, 5) is 0.315. The lowest BCUT2D eigenvalue weighted by atomic mass is 9.75. The van der Waals surface area contributed by atoms with Gasteiger partial charge in [-0.2, -0.15) is 5.10 Å². The highest BCUT2D eigenvalue weighted by Crippen LogP contribution is 2.41. The van der Waals surface area contributed by atoms with Crippen LogP contribution in [0.3, 0.4) is 0 Å². The molecule has 5 rings (SSSR count). The molecule has 0 bridgehead atoms. The van der Waals surface area contributed by atoms with Gasteiger partial charge in [-0.1, -0.05) is 67.1 Å². The molecule has 0 amide bonds. The van der Waals surface area contributed by atoms with E-state index in [4.69, 9.17) is 0 Å². The monoisotopic (exact) mass is 433 g/mol. The minimum Gasteiger partial charge on any atom is -0.280 e. The lowest BCUT2D eigenvalue weighted by Crippen LogP contribution is -2.45. The third kappa shape index (κ3) is 3.39. The van der Waals surface area contributed by atoms with Crippen LogP contribution in [0.2, 0.25) is 0 Å². The van der Waals surface area contributed by atoms with Gasteiger partial charge in [-0.15, -0.1) is 0 Å². The second-order valence-corrected chi connectivity index (χ2v) is 10.7. The van der Waals surface area contributed by atoms with Crippen LogP contribution in [0.5, 0.6) is 0 Å². The molecule has 2 aliphatic carbocycles. The van der Waals surface area contributed by atoms with Crippen LogP contribution >= 0.6 is 0 Å². The molecular formula is C25H27N3O2S. The van der Waals surface area contributed by atoms with E-state index >= 15 is 0 Å². The maximum absolute atomic E-state index is 13.7. The minimum absolute atomic E-state index is 0.0467. The Balaban J connectivity index is 1.55. The number of fused-ring (bicyclic) bond motifs is 1. The molecule has 0 saturated heterocycles. The molecule has 1 N–H and O–H groups in total. The number of allylic oxidation sites excluding steroid dienone is 1. The number of nitrogens with one attached hydrogen (secondary N) is 1. The number of aromatic nitrogens is 2. The van der Waals surface area contributed by atoms with E-state index in [-0.39, 0.29) is 11.5 Å². The number of sulfonamides is 1. The van der Waals surface area contributed by atoms with E-state index in [2.05, 4.69) is 47.5 Å². The molecule has 2 aromatic carbocycles. The fourth-order valence-corrected chi connectivity index (χ4v) is 6.17. The maximum Gasteiger partial charge on any atom is 0.265 e. The number of hydrogen-bond donors (Lipinski definition) is 1. The Kier molecular flexibility index (Phi) is 4.77. The number of aryl methyl sites for hydroxylation is 1. The Morgan fingerprint density at radius 2 is 1.77 bits per heavy atom. The van der Waals surface area contributed by atoms with Crippen LogP contribution in [-0.2, 0) is 21.9 Å². The first-order chi connectivity index (χ1) is 14.9. The predicted molar refractivity (Wildman–Crippen MR) is 124 cm³/mol. The summed E-state index contributed by atoms with van der Waals surface area (Å²) in [6.07, 6.45) is 7.73. The van der Waals surface area contributed by atoms with Gasteiger partial charge in [0.2, 0.25) is 0 Å². The van der Waals surface area contributed by atoms with Crippen molar-refractivity contribution in [1.82, 2.24) is 10.2 Å². The smallest absolute Gasteiger partial charge is 0.265 e. The summed E-state index contributed by atoms with van der Waals surface area (Å²) in [6, 6.07) is 17.4. The lowest BCUT2D eigenvalue weighted by Gasteiger charge is -2.37. The Morgan fingerprint density at radius 3 is 2.42 bits per heavy atom. The molecule has 1 aromatic heterocycles. The van der Waals surface area contributed by atoms with E-state index in [9.17, 15) is 8.42 Å². The number of H-pyrrole nitrogens is 1. The van der Waals surface area contributed by atoms with Crippen LogP contribution in [0.4, 0.5) is 5.82 Å². The molecule has 1 fully saturated rings. The summed E-state index contributed by atoms with van der Waals surface area (Å²) in [6.45, 7) is 4.16. The fraction of sp³-hybridized carbons (Fsp3) is 0.320. The molecule has 5 nitrogen and oxygen atoms in total. The molecular weight excluding hydrogens is 406 g/mol. The summed E-state index contributed by atoms with van der Waals surface area (Å²) in [5.74, 6) is 0.520. The third-order valence-corrected chi connectivity index (χ3v) is 8.51. The van der Waals surface area contributed by atoms with Crippen molar-refractivity contribution in [1.29, 1.82) is 0 Å². The summed E-state index contributed by atoms with van der Waals surface area (Å²) < 4.78 is 28.9. The molecule has 0 radical (unpaired) electrons. The van der Waals surface area contributed by atoms with Gasteiger partial charge in [-0.05, 0) is 43.9 Å². The highest BCUT2D eigenvalue weighted by Gasteiger charge is 2.39. The van der Waals surface area contributed by atoms with Crippen LogP contribution in [0.15, 0.2) is 65.6 Å². The molecule has 3 aromatic rings. The fourth-order valence-electron chi connectivity index (χ4n) is 4.49. The third-order valence-electron chi connectivity index (χ3n) is 6.65. The van der Waals surface area contributed by atoms with E-state index in [1.165, 1.54) is 5.56 Å². The summed E-state index contributed by atoms with van der Waals surface area (Å²) in [7, 11) is -3.70. The van der Waals surface area contributed by atoms with E-state index < -0.39 is 10.0 Å². The summed E-state index contributed by atoms with van der Waals surface area (Å²) >= 11 is 0. The van der Waals surface area contributed by atoms with Gasteiger partial charge in [0.15, 0.2) is 5.82 Å². The number of benzene rings is 2. The van der Waals surface area contributed by atoms with Gasteiger partial charge in [0.1, 0.15) is 0 Å². The van der Waals surface area contributed by atoms with Crippen molar-refractivity contribution in [2.75, 3.05) is 4.31 Å². The van der Waals surface area contributed by atoms with Crippen LogP contribution in [0.25, 0.3) is 6.08 Å². The molecule has 160 valence electrons. The second kappa shape index (κ2) is 7.38. The van der Waals surface area contributed by atoms with E-state index in [1.54, 1.807) is 16.4 Å². The molecule has 0 aliphatic heterocycles. The lowest BCUT2D eigenvalue weighted by molar-refractivity contribution is 0.413. The van der Waals surface area contributed by atoms with Crippen molar-refractivity contribution in [3.8, 4) is 0 Å². The second-order valence-electron chi connectivity index (χ2n) is 8.93. The first kappa shape index (κ1) is 20.1.